The van der Waals surface area contributed by atoms with E-state index in [1.165, 1.54) is 5.57 Å². The lowest BCUT2D eigenvalue weighted by Gasteiger charge is -2.37. The number of carbonyl (C=O) groups is 1. The van der Waals surface area contributed by atoms with Gasteiger partial charge in [0.05, 0.1) is 41.9 Å². The molecular weight excluding hydrogens is 527 g/mol. The summed E-state index contributed by atoms with van der Waals surface area (Å²) in [6, 6.07) is 4.49. The number of amides is 1. The molecule has 2 saturated heterocycles. The quantitative estimate of drug-likeness (QED) is 0.358. The van der Waals surface area contributed by atoms with Gasteiger partial charge in [0.2, 0.25) is 0 Å². The predicted octanol–water partition coefficient (Wildman–Crippen LogP) is 1.42. The van der Waals surface area contributed by atoms with Crippen LogP contribution < -0.4 is 26.5 Å². The van der Waals surface area contributed by atoms with Crippen LogP contribution in [-0.4, -0.2) is 70.5 Å². The number of fused-ring (bicyclic) bond motifs is 2. The first-order valence-corrected chi connectivity index (χ1v) is 13.1. The van der Waals surface area contributed by atoms with Gasteiger partial charge in [0.15, 0.2) is 0 Å². The Kier molecular flexibility index (Phi) is 6.95. The Balaban J connectivity index is 1.15. The van der Waals surface area contributed by atoms with Crippen molar-refractivity contribution in [3.8, 4) is 0 Å². The summed E-state index contributed by atoms with van der Waals surface area (Å²) in [7, 11) is 0. The van der Waals surface area contributed by atoms with Gasteiger partial charge in [0.25, 0.3) is 5.91 Å². The van der Waals surface area contributed by atoms with Crippen molar-refractivity contribution in [3.05, 3.63) is 82.0 Å². The smallest absolute Gasteiger partial charge is 0.271 e. The van der Waals surface area contributed by atoms with Gasteiger partial charge < -0.3 is 20.1 Å². The van der Waals surface area contributed by atoms with E-state index in [1.807, 2.05) is 47.4 Å². The van der Waals surface area contributed by atoms with Crippen LogP contribution in [0.15, 0.2) is 59.9 Å². The highest BCUT2D eigenvalue weighted by atomic mass is 35.5. The molecule has 0 aromatic carbocycles. The van der Waals surface area contributed by atoms with Crippen molar-refractivity contribution in [3.63, 3.8) is 0 Å². The van der Waals surface area contributed by atoms with Crippen LogP contribution >= 0.6 is 11.6 Å². The molecule has 2 aromatic rings. The van der Waals surface area contributed by atoms with Gasteiger partial charge in [-0.2, -0.15) is 0 Å². The van der Waals surface area contributed by atoms with E-state index >= 15 is 0 Å². The number of anilines is 1. The van der Waals surface area contributed by atoms with Crippen molar-refractivity contribution in [1.29, 1.82) is 0 Å². The predicted molar refractivity (Wildman–Crippen MR) is 142 cm³/mol. The molecule has 11 nitrogen and oxygen atoms in total. The van der Waals surface area contributed by atoms with E-state index < -0.39 is 23.9 Å². The molecule has 3 atom stereocenters. The number of rotatable bonds is 6. The van der Waals surface area contributed by atoms with Crippen LogP contribution in [0.4, 0.5) is 10.2 Å². The zero-order chi connectivity index (χ0) is 27.1. The summed E-state index contributed by atoms with van der Waals surface area (Å²) in [4.78, 5) is 23.0. The van der Waals surface area contributed by atoms with Gasteiger partial charge in [0, 0.05) is 42.5 Å². The Morgan fingerprint density at radius 1 is 1.33 bits per heavy atom. The monoisotopic (exact) mass is 554 g/mol. The number of aliphatic hydroxyl groups excluding tert-OH is 1. The minimum atomic E-state index is -0.840. The molecule has 0 aliphatic carbocycles. The number of hydrogen-bond donors (Lipinski definition) is 5. The normalized spacial score (nSPS) is 24.3. The topological polar surface area (TPSA) is 127 Å². The molecule has 6 rings (SSSR count). The summed E-state index contributed by atoms with van der Waals surface area (Å²) in [5, 5.41) is 15.5. The van der Waals surface area contributed by atoms with E-state index in [9.17, 15) is 14.3 Å². The molecule has 0 spiro atoms. The van der Waals surface area contributed by atoms with Crippen LogP contribution in [0.25, 0.3) is 5.57 Å². The van der Waals surface area contributed by atoms with Crippen molar-refractivity contribution in [1.82, 2.24) is 36.6 Å². The van der Waals surface area contributed by atoms with Gasteiger partial charge in [0.1, 0.15) is 29.3 Å². The molecule has 5 N–H and O–H groups in total. The van der Waals surface area contributed by atoms with Gasteiger partial charge >= 0.3 is 0 Å². The van der Waals surface area contributed by atoms with Crippen LogP contribution in [0, 0.1) is 5.82 Å². The maximum atomic E-state index is 13.3. The van der Waals surface area contributed by atoms with Crippen molar-refractivity contribution >= 4 is 28.9 Å². The fourth-order valence-electron chi connectivity index (χ4n) is 5.23. The van der Waals surface area contributed by atoms with Crippen molar-refractivity contribution in [2.24, 2.45) is 0 Å². The third-order valence-electron chi connectivity index (χ3n) is 7.10. The summed E-state index contributed by atoms with van der Waals surface area (Å²) in [5.74, 6) is 0.303. The van der Waals surface area contributed by atoms with E-state index in [2.05, 4.69) is 26.6 Å². The number of nitrogens with zero attached hydrogens (tertiary/aromatic N) is 4. The first-order valence-electron chi connectivity index (χ1n) is 12.8. The number of hydrogen-bond acceptors (Lipinski definition) is 10. The average Bonchev–Trinajstić information content (AvgIpc) is 3.51. The van der Waals surface area contributed by atoms with E-state index in [0.717, 1.165) is 47.2 Å². The lowest BCUT2D eigenvalue weighted by molar-refractivity contribution is 0.0793. The minimum Gasteiger partial charge on any atom is -0.492 e. The zero-order valence-electron chi connectivity index (χ0n) is 21.1. The summed E-state index contributed by atoms with van der Waals surface area (Å²) >= 11 is 5.96. The number of β-amino-alcohol motifs (C(OH)–C–C–N with tert-alkyl or cyclic N) is 1. The van der Waals surface area contributed by atoms with E-state index in [-0.39, 0.29) is 23.4 Å². The molecule has 0 bridgehead atoms. The minimum absolute atomic E-state index is 0.00555. The van der Waals surface area contributed by atoms with Gasteiger partial charge in [-0.05, 0) is 37.6 Å². The van der Waals surface area contributed by atoms with Crippen LogP contribution in [0.3, 0.4) is 0 Å². The SMILES string of the molecule is CCOC1=CN2NC3NNCC3=C2C(c2ccc(N3CC[C@H](NC(=O)c4ncc(F)cc4Cl)[C@H](O)C3)nc2)=C1. The molecular formula is C26H28ClFN8O3. The van der Waals surface area contributed by atoms with E-state index in [0.29, 0.717) is 19.6 Å². The number of pyridine rings is 2. The lowest BCUT2D eigenvalue weighted by atomic mass is 9.97. The molecule has 39 heavy (non-hydrogen) atoms. The van der Waals surface area contributed by atoms with Gasteiger partial charge in [-0.1, -0.05) is 11.6 Å². The number of aromatic nitrogens is 2. The molecule has 0 saturated carbocycles. The fraction of sp³-hybridized carbons (Fsp3) is 0.346. The van der Waals surface area contributed by atoms with Gasteiger partial charge in [-0.3, -0.25) is 15.2 Å². The molecule has 1 amide bonds. The number of ether oxygens (including phenoxy) is 1. The third kappa shape index (κ3) is 4.97. The number of hydrazine groups is 2. The highest BCUT2D eigenvalue weighted by Crippen LogP contribution is 2.38. The maximum absolute atomic E-state index is 13.3. The van der Waals surface area contributed by atoms with Gasteiger partial charge in [-0.15, -0.1) is 0 Å². The number of aliphatic hydroxyl groups is 1. The molecule has 4 aliphatic rings. The number of carbonyl (C=O) groups excluding carboxylic acids is 1. The summed E-state index contributed by atoms with van der Waals surface area (Å²) < 4.78 is 19.1. The molecule has 4 aliphatic heterocycles. The second-order valence-corrected chi connectivity index (χ2v) is 10.0. The molecule has 6 heterocycles. The first kappa shape index (κ1) is 25.7. The number of nitrogens with one attached hydrogen (secondary N) is 4. The molecule has 2 fully saturated rings. The van der Waals surface area contributed by atoms with Crippen molar-refractivity contribution in [2.45, 2.75) is 31.7 Å². The Morgan fingerprint density at radius 3 is 2.95 bits per heavy atom. The Hall–Kier alpha value is -3.55. The molecule has 0 radical (unpaired) electrons. The lowest BCUT2D eigenvalue weighted by Crippen LogP contribution is -2.54. The summed E-state index contributed by atoms with van der Waals surface area (Å²) in [5.41, 5.74) is 14.0. The standard InChI is InChI=1S/C26H28ClFN8O3/c1-2-39-16-8-17(24-18-11-31-33-25(18)34-36(24)12-16)14-3-4-22(29-9-14)35-6-5-20(21(37)13-35)32-26(38)23-19(27)7-15(28)10-30-23/h3-4,7-10,12,20-21,25,31,33-34,37H,2,5-6,11,13H2,1H3,(H,32,38)/t20-,21+,25?/m0/s1. The number of piperidine rings is 1. The molecule has 1 unspecified atom stereocenters. The number of allylic oxidation sites excluding steroid dienone is 2. The van der Waals surface area contributed by atoms with Crippen LogP contribution in [0.5, 0.6) is 0 Å². The largest absolute Gasteiger partial charge is 0.492 e. The molecule has 13 heteroatoms. The van der Waals surface area contributed by atoms with E-state index in [1.54, 1.807) is 0 Å². The third-order valence-corrected chi connectivity index (χ3v) is 7.39. The van der Waals surface area contributed by atoms with Gasteiger partial charge in [-0.25, -0.2) is 25.2 Å². The van der Waals surface area contributed by atoms with Crippen LogP contribution in [0.2, 0.25) is 5.02 Å². The zero-order valence-corrected chi connectivity index (χ0v) is 21.9. The molecule has 2 aromatic heterocycles. The highest BCUT2D eigenvalue weighted by molar-refractivity contribution is 6.33. The first-order chi connectivity index (χ1) is 18.9. The Labute approximate surface area is 229 Å². The maximum Gasteiger partial charge on any atom is 0.271 e. The number of halogens is 2. The average molecular weight is 555 g/mol. The van der Waals surface area contributed by atoms with Crippen LogP contribution in [0.1, 0.15) is 29.4 Å². The Bertz CT molecular complexity index is 1380. The van der Waals surface area contributed by atoms with Crippen molar-refractivity contribution < 1.29 is 19.0 Å². The second-order valence-electron chi connectivity index (χ2n) is 9.60. The summed E-state index contributed by atoms with van der Waals surface area (Å²) in [6.45, 7) is 4.09. The fourth-order valence-corrected chi connectivity index (χ4v) is 5.47. The van der Waals surface area contributed by atoms with E-state index in [4.69, 9.17) is 21.3 Å². The summed E-state index contributed by atoms with van der Waals surface area (Å²) in [6.07, 6.45) is 6.39. The second kappa shape index (κ2) is 10.5. The highest BCUT2D eigenvalue weighted by Gasteiger charge is 2.37. The van der Waals surface area contributed by atoms with Crippen molar-refractivity contribution in [2.75, 3.05) is 31.1 Å². The Morgan fingerprint density at radius 2 is 2.21 bits per heavy atom. The molecule has 204 valence electrons. The van der Waals surface area contributed by atoms with Crippen LogP contribution in [-0.2, 0) is 4.74 Å².